The van der Waals surface area contributed by atoms with E-state index in [1.54, 1.807) is 0 Å². The lowest BCUT2D eigenvalue weighted by atomic mass is 9.91. The molecule has 3 heteroatoms. The van der Waals surface area contributed by atoms with Gasteiger partial charge in [0.15, 0.2) is 0 Å². The maximum atomic E-state index is 6.27. The molecule has 3 nitrogen and oxygen atoms in total. The van der Waals surface area contributed by atoms with Crippen LogP contribution in [-0.2, 0) is 10.5 Å². The molecule has 2 aliphatic rings. The molecule has 0 radical (unpaired) electrons. The fraction of sp³-hybridized carbons (Fsp3) is 0.346. The van der Waals surface area contributed by atoms with Gasteiger partial charge in [-0.2, -0.15) is 0 Å². The molecule has 2 aromatic rings. The highest BCUT2D eigenvalue weighted by Gasteiger charge is 2.35. The van der Waals surface area contributed by atoms with Crippen LogP contribution in [0, 0.1) is 0 Å². The van der Waals surface area contributed by atoms with Crippen molar-refractivity contribution >= 4 is 5.90 Å². The number of hydrazone groups is 1. The van der Waals surface area contributed by atoms with E-state index in [2.05, 4.69) is 97.2 Å². The van der Waals surface area contributed by atoms with Crippen LogP contribution in [0.3, 0.4) is 0 Å². The Morgan fingerprint density at radius 2 is 1.86 bits per heavy atom. The smallest absolute Gasteiger partial charge is 0.240 e. The van der Waals surface area contributed by atoms with Crippen LogP contribution in [0.4, 0.5) is 0 Å². The number of nitrogens with zero attached hydrogens (tertiary/aromatic N) is 1. The maximum absolute atomic E-state index is 6.27. The van der Waals surface area contributed by atoms with E-state index in [0.717, 1.165) is 17.5 Å². The Morgan fingerprint density at radius 1 is 1.10 bits per heavy atom. The average Bonchev–Trinajstić information content (AvgIpc) is 3.18. The predicted octanol–water partition coefficient (Wildman–Crippen LogP) is 6.34. The fourth-order valence-electron chi connectivity index (χ4n) is 4.07. The summed E-state index contributed by atoms with van der Waals surface area (Å²) in [6.45, 7) is 6.54. The van der Waals surface area contributed by atoms with Crippen molar-refractivity contribution in [2.45, 2.75) is 57.6 Å². The number of ether oxygens (including phenoxy) is 1. The zero-order valence-electron chi connectivity index (χ0n) is 17.6. The van der Waals surface area contributed by atoms with Gasteiger partial charge in [-0.05, 0) is 42.0 Å². The molecule has 1 aliphatic carbocycles. The van der Waals surface area contributed by atoms with Crippen molar-refractivity contribution < 1.29 is 4.74 Å². The molecule has 0 saturated heterocycles. The molecule has 4 rings (SSSR count). The standard InChI is InChI=1S/C26H30N2O/c1-4-8-19(2)20-11-13-23(14-12-20)25-27-28-26(3,29-25)24-17-15-22(16-18-24)21-9-6-5-7-10-21/h5-7,9,11-19,21,28H,4,8,10H2,1-3H3. The Morgan fingerprint density at radius 3 is 2.52 bits per heavy atom. The third kappa shape index (κ3) is 4.14. The normalized spacial score (nSPS) is 24.0. The van der Waals surface area contributed by atoms with Gasteiger partial charge in [0.1, 0.15) is 0 Å². The zero-order chi connectivity index (χ0) is 20.3. The molecule has 0 aromatic heterocycles. The number of benzene rings is 2. The van der Waals surface area contributed by atoms with Crippen LogP contribution in [0.15, 0.2) is 77.9 Å². The van der Waals surface area contributed by atoms with Crippen LogP contribution < -0.4 is 5.43 Å². The molecule has 1 aliphatic heterocycles. The van der Waals surface area contributed by atoms with Crippen molar-refractivity contribution in [3.05, 3.63) is 95.1 Å². The second kappa shape index (κ2) is 8.28. The van der Waals surface area contributed by atoms with Gasteiger partial charge in [-0.1, -0.05) is 81.0 Å². The number of hydrogen-bond donors (Lipinski definition) is 1. The molecular formula is C26H30N2O. The van der Waals surface area contributed by atoms with E-state index in [1.165, 1.54) is 24.0 Å². The number of nitrogens with one attached hydrogen (secondary N) is 1. The summed E-state index contributed by atoms with van der Waals surface area (Å²) in [5.41, 5.74) is 7.32. The third-order valence-corrected chi connectivity index (χ3v) is 5.99. The van der Waals surface area contributed by atoms with Gasteiger partial charge < -0.3 is 4.74 Å². The highest BCUT2D eigenvalue weighted by Crippen LogP contribution is 2.31. The van der Waals surface area contributed by atoms with Crippen molar-refractivity contribution in [1.29, 1.82) is 0 Å². The molecule has 0 fully saturated rings. The van der Waals surface area contributed by atoms with Gasteiger partial charge in [0.2, 0.25) is 11.6 Å². The van der Waals surface area contributed by atoms with E-state index in [0.29, 0.717) is 17.7 Å². The van der Waals surface area contributed by atoms with Crippen molar-refractivity contribution in [3.8, 4) is 0 Å². The molecule has 2 aromatic carbocycles. The Balaban J connectivity index is 1.45. The van der Waals surface area contributed by atoms with E-state index >= 15 is 0 Å². The van der Waals surface area contributed by atoms with E-state index in [1.807, 2.05) is 6.92 Å². The minimum Gasteiger partial charge on any atom is -0.444 e. The monoisotopic (exact) mass is 386 g/mol. The van der Waals surface area contributed by atoms with Gasteiger partial charge in [0, 0.05) is 24.0 Å². The third-order valence-electron chi connectivity index (χ3n) is 5.99. The van der Waals surface area contributed by atoms with Crippen molar-refractivity contribution in [2.75, 3.05) is 0 Å². The largest absolute Gasteiger partial charge is 0.444 e. The molecule has 1 heterocycles. The summed E-state index contributed by atoms with van der Waals surface area (Å²) in [5, 5.41) is 4.48. The molecular weight excluding hydrogens is 356 g/mol. The topological polar surface area (TPSA) is 33.6 Å². The molecule has 3 unspecified atom stereocenters. The lowest BCUT2D eigenvalue weighted by Crippen LogP contribution is -2.34. The predicted molar refractivity (Wildman–Crippen MR) is 120 cm³/mol. The lowest BCUT2D eigenvalue weighted by Gasteiger charge is -2.25. The molecule has 0 saturated carbocycles. The Bertz CT molecular complexity index is 924. The summed E-state index contributed by atoms with van der Waals surface area (Å²) in [5.74, 6) is 1.68. The zero-order valence-corrected chi connectivity index (χ0v) is 17.6. The first-order chi connectivity index (χ1) is 14.1. The first kappa shape index (κ1) is 19.5. The lowest BCUT2D eigenvalue weighted by molar-refractivity contribution is 0.0670. The van der Waals surface area contributed by atoms with Gasteiger partial charge >= 0.3 is 0 Å². The first-order valence-electron chi connectivity index (χ1n) is 10.7. The number of allylic oxidation sites excluding steroid dienone is 4. The summed E-state index contributed by atoms with van der Waals surface area (Å²) < 4.78 is 6.27. The number of rotatable bonds is 6. The summed E-state index contributed by atoms with van der Waals surface area (Å²) in [4.78, 5) is 0. The average molecular weight is 387 g/mol. The van der Waals surface area contributed by atoms with E-state index < -0.39 is 5.72 Å². The Labute approximate surface area is 174 Å². The molecule has 150 valence electrons. The van der Waals surface area contributed by atoms with Gasteiger partial charge in [-0.3, -0.25) is 5.43 Å². The van der Waals surface area contributed by atoms with E-state index in [-0.39, 0.29) is 0 Å². The van der Waals surface area contributed by atoms with Gasteiger partial charge in [0.05, 0.1) is 0 Å². The summed E-state index contributed by atoms with van der Waals surface area (Å²) >= 11 is 0. The summed E-state index contributed by atoms with van der Waals surface area (Å²) in [7, 11) is 0. The van der Waals surface area contributed by atoms with E-state index in [9.17, 15) is 0 Å². The van der Waals surface area contributed by atoms with Crippen molar-refractivity contribution in [1.82, 2.24) is 5.43 Å². The van der Waals surface area contributed by atoms with E-state index in [4.69, 9.17) is 4.74 Å². The second-order valence-corrected chi connectivity index (χ2v) is 8.25. The SMILES string of the molecule is CCCC(C)c1ccc(C2=NNC(C)(c3ccc(C4C=CC=CC4)cc3)O2)cc1. The van der Waals surface area contributed by atoms with Gasteiger partial charge in [-0.25, -0.2) is 0 Å². The summed E-state index contributed by atoms with van der Waals surface area (Å²) in [6, 6.07) is 17.3. The Kier molecular flexibility index (Phi) is 5.57. The van der Waals surface area contributed by atoms with Crippen LogP contribution >= 0.6 is 0 Å². The highest BCUT2D eigenvalue weighted by atomic mass is 16.5. The van der Waals surface area contributed by atoms with Crippen molar-refractivity contribution in [2.24, 2.45) is 5.10 Å². The molecule has 0 bridgehead atoms. The highest BCUT2D eigenvalue weighted by molar-refractivity contribution is 5.95. The first-order valence-corrected chi connectivity index (χ1v) is 10.7. The van der Waals surface area contributed by atoms with Gasteiger partial charge in [0.25, 0.3) is 0 Å². The van der Waals surface area contributed by atoms with Crippen LogP contribution in [-0.4, -0.2) is 5.90 Å². The number of hydrogen-bond acceptors (Lipinski definition) is 3. The fourth-order valence-corrected chi connectivity index (χ4v) is 4.07. The minimum atomic E-state index is -0.648. The van der Waals surface area contributed by atoms with Gasteiger partial charge in [-0.15, -0.1) is 5.10 Å². The minimum absolute atomic E-state index is 0.458. The molecule has 0 spiro atoms. The second-order valence-electron chi connectivity index (χ2n) is 8.25. The quantitative estimate of drug-likeness (QED) is 0.628. The Hall–Kier alpha value is -2.81. The molecule has 1 N–H and O–H groups in total. The maximum Gasteiger partial charge on any atom is 0.240 e. The summed E-state index contributed by atoms with van der Waals surface area (Å²) in [6.07, 6.45) is 12.2. The molecule has 0 amide bonds. The van der Waals surface area contributed by atoms with Crippen LogP contribution in [0.1, 0.15) is 74.1 Å². The molecule has 3 atom stereocenters. The van der Waals surface area contributed by atoms with Crippen LogP contribution in [0.5, 0.6) is 0 Å². The van der Waals surface area contributed by atoms with Crippen LogP contribution in [0.25, 0.3) is 0 Å². The van der Waals surface area contributed by atoms with Crippen molar-refractivity contribution in [3.63, 3.8) is 0 Å². The van der Waals surface area contributed by atoms with Crippen LogP contribution in [0.2, 0.25) is 0 Å². The molecule has 29 heavy (non-hydrogen) atoms.